The molecule has 0 aromatic rings. The number of sulfonamides is 1. The summed E-state index contributed by atoms with van der Waals surface area (Å²) in [6.07, 6.45) is 0.897. The van der Waals surface area contributed by atoms with Gasteiger partial charge >= 0.3 is 11.8 Å². The van der Waals surface area contributed by atoms with Gasteiger partial charge in [-0.1, -0.05) is 0 Å². The highest BCUT2D eigenvalue weighted by atomic mass is 32.2. The molecule has 0 saturated carbocycles. The second-order valence-corrected chi connectivity index (χ2v) is 6.68. The molecule has 0 aliphatic carbocycles. The van der Waals surface area contributed by atoms with Gasteiger partial charge in [0.2, 0.25) is 0 Å². The monoisotopic (exact) mass is 329 g/mol. The van der Waals surface area contributed by atoms with Crippen LogP contribution in [0.1, 0.15) is 12.8 Å². The number of alkyl halides is 2. The molecule has 124 valence electrons. The van der Waals surface area contributed by atoms with E-state index in [0.29, 0.717) is 32.5 Å². The topological polar surface area (TPSA) is 87.7 Å². The lowest BCUT2D eigenvalue weighted by molar-refractivity contribution is 0.193. The second kappa shape index (κ2) is 8.44. The molecular formula is C11H21F2N3O4S. The predicted octanol–water partition coefficient (Wildman–Crippen LogP) is 0.196. The first-order chi connectivity index (χ1) is 9.87. The van der Waals surface area contributed by atoms with Gasteiger partial charge in [0.25, 0.3) is 10.0 Å². The van der Waals surface area contributed by atoms with Gasteiger partial charge in [-0.3, -0.25) is 0 Å². The largest absolute Gasteiger partial charge is 0.383 e. The number of rotatable bonds is 7. The molecule has 0 atom stereocenters. The number of methoxy groups -OCH3 is 1. The van der Waals surface area contributed by atoms with Gasteiger partial charge in [-0.05, 0) is 18.8 Å². The van der Waals surface area contributed by atoms with Crippen molar-refractivity contribution in [2.24, 2.45) is 5.92 Å². The van der Waals surface area contributed by atoms with Gasteiger partial charge in [0.1, 0.15) is 0 Å². The van der Waals surface area contributed by atoms with E-state index in [2.05, 4.69) is 10.6 Å². The van der Waals surface area contributed by atoms with Crippen molar-refractivity contribution < 1.29 is 26.7 Å². The first kappa shape index (κ1) is 18.1. The van der Waals surface area contributed by atoms with Gasteiger partial charge in [0.05, 0.1) is 6.61 Å². The van der Waals surface area contributed by atoms with E-state index in [1.165, 1.54) is 7.11 Å². The van der Waals surface area contributed by atoms with Gasteiger partial charge in [-0.25, -0.2) is 13.2 Å². The molecule has 0 aromatic heterocycles. The number of piperidine rings is 1. The van der Waals surface area contributed by atoms with E-state index in [4.69, 9.17) is 4.74 Å². The van der Waals surface area contributed by atoms with E-state index in [-0.39, 0.29) is 25.0 Å². The Kier molecular flexibility index (Phi) is 7.26. The Morgan fingerprint density at radius 1 is 1.33 bits per heavy atom. The molecule has 2 amide bonds. The van der Waals surface area contributed by atoms with Crippen molar-refractivity contribution in [2.75, 3.05) is 39.9 Å². The van der Waals surface area contributed by atoms with Crippen LogP contribution >= 0.6 is 0 Å². The van der Waals surface area contributed by atoms with Crippen LogP contribution in [0.2, 0.25) is 0 Å². The van der Waals surface area contributed by atoms with Crippen LogP contribution in [-0.2, 0) is 14.8 Å². The molecule has 1 rings (SSSR count). The van der Waals surface area contributed by atoms with Crippen LogP contribution in [0.3, 0.4) is 0 Å². The van der Waals surface area contributed by atoms with Crippen molar-refractivity contribution >= 4 is 16.1 Å². The highest BCUT2D eigenvalue weighted by Gasteiger charge is 2.34. The Morgan fingerprint density at radius 3 is 2.48 bits per heavy atom. The average molecular weight is 329 g/mol. The second-order valence-electron chi connectivity index (χ2n) is 4.78. The Morgan fingerprint density at radius 2 is 1.95 bits per heavy atom. The van der Waals surface area contributed by atoms with Crippen molar-refractivity contribution in [2.45, 2.75) is 18.6 Å². The molecule has 1 aliphatic heterocycles. The zero-order valence-electron chi connectivity index (χ0n) is 11.8. The summed E-state index contributed by atoms with van der Waals surface area (Å²) in [4.78, 5) is 11.4. The molecule has 1 fully saturated rings. The zero-order chi connectivity index (χ0) is 15.9. The molecular weight excluding hydrogens is 308 g/mol. The van der Waals surface area contributed by atoms with Gasteiger partial charge in [0, 0.05) is 33.3 Å². The van der Waals surface area contributed by atoms with E-state index in [1.54, 1.807) is 0 Å². The third kappa shape index (κ3) is 5.71. The highest BCUT2D eigenvalue weighted by molar-refractivity contribution is 7.89. The number of amides is 2. The van der Waals surface area contributed by atoms with Crippen molar-refractivity contribution in [3.8, 4) is 0 Å². The zero-order valence-corrected chi connectivity index (χ0v) is 12.7. The molecule has 0 bridgehead atoms. The van der Waals surface area contributed by atoms with Crippen LogP contribution in [0, 0.1) is 5.92 Å². The summed E-state index contributed by atoms with van der Waals surface area (Å²) in [5, 5.41) is 5.26. The summed E-state index contributed by atoms with van der Waals surface area (Å²) in [7, 11) is -2.95. The summed E-state index contributed by atoms with van der Waals surface area (Å²) in [6.45, 7) is 1.32. The van der Waals surface area contributed by atoms with E-state index >= 15 is 0 Å². The molecule has 7 nitrogen and oxygen atoms in total. The Labute approximate surface area is 123 Å². The fourth-order valence-electron chi connectivity index (χ4n) is 2.05. The van der Waals surface area contributed by atoms with Gasteiger partial charge in [0.15, 0.2) is 0 Å². The third-order valence-electron chi connectivity index (χ3n) is 3.30. The minimum atomic E-state index is -4.48. The minimum Gasteiger partial charge on any atom is -0.383 e. The molecule has 0 aromatic carbocycles. The van der Waals surface area contributed by atoms with Gasteiger partial charge in [-0.2, -0.15) is 13.1 Å². The van der Waals surface area contributed by atoms with Crippen LogP contribution in [0.4, 0.5) is 13.6 Å². The normalized spacial score (nSPS) is 17.9. The molecule has 2 N–H and O–H groups in total. The molecule has 0 radical (unpaired) electrons. The maximum absolute atomic E-state index is 12.4. The highest BCUT2D eigenvalue weighted by Crippen LogP contribution is 2.21. The Bertz CT molecular complexity index is 425. The number of halogens is 2. The van der Waals surface area contributed by atoms with Crippen LogP contribution in [-0.4, -0.2) is 64.4 Å². The molecule has 1 aliphatic rings. The Balaban J connectivity index is 2.26. The van der Waals surface area contributed by atoms with Crippen molar-refractivity contribution in [3.05, 3.63) is 0 Å². The number of carbonyl (C=O) groups is 1. The van der Waals surface area contributed by atoms with Crippen LogP contribution < -0.4 is 10.6 Å². The fraction of sp³-hybridized carbons (Fsp3) is 0.909. The van der Waals surface area contributed by atoms with Gasteiger partial charge in [-0.15, -0.1) is 0 Å². The molecule has 0 unspecified atom stereocenters. The van der Waals surface area contributed by atoms with E-state index in [9.17, 15) is 22.0 Å². The molecule has 21 heavy (non-hydrogen) atoms. The minimum absolute atomic E-state index is 0.0598. The standard InChI is InChI=1S/C11H21F2N3O4S/c1-20-7-4-14-11(17)15-8-9-2-5-16(6-3-9)21(18,19)10(12)13/h9-10H,2-8H2,1H3,(H2,14,15,17). The van der Waals surface area contributed by atoms with Gasteiger partial charge < -0.3 is 15.4 Å². The fourth-order valence-corrected chi connectivity index (χ4v) is 2.99. The summed E-state index contributed by atoms with van der Waals surface area (Å²) < 4.78 is 53.0. The maximum Gasteiger partial charge on any atom is 0.350 e. The van der Waals surface area contributed by atoms with Crippen LogP contribution in [0.5, 0.6) is 0 Å². The van der Waals surface area contributed by atoms with E-state index < -0.39 is 15.8 Å². The lowest BCUT2D eigenvalue weighted by atomic mass is 9.98. The average Bonchev–Trinajstić information content (AvgIpc) is 2.45. The molecule has 1 heterocycles. The van der Waals surface area contributed by atoms with E-state index in [0.717, 1.165) is 4.31 Å². The number of hydrogen-bond donors (Lipinski definition) is 2. The lowest BCUT2D eigenvalue weighted by Gasteiger charge is -2.30. The third-order valence-corrected chi connectivity index (χ3v) is 4.84. The SMILES string of the molecule is COCCNC(=O)NCC1CCN(S(=O)(=O)C(F)F)CC1. The quantitative estimate of drug-likeness (QED) is 0.653. The summed E-state index contributed by atoms with van der Waals surface area (Å²) in [6, 6.07) is -0.324. The number of hydrogen-bond acceptors (Lipinski definition) is 4. The number of nitrogens with zero attached hydrogens (tertiary/aromatic N) is 1. The smallest absolute Gasteiger partial charge is 0.350 e. The number of nitrogens with one attached hydrogen (secondary N) is 2. The van der Waals surface area contributed by atoms with Crippen LogP contribution in [0.25, 0.3) is 0 Å². The summed E-state index contributed by atoms with van der Waals surface area (Å²) in [5.74, 6) is -3.29. The maximum atomic E-state index is 12.4. The predicted molar refractivity (Wildman–Crippen MR) is 72.5 cm³/mol. The van der Waals surface area contributed by atoms with Crippen molar-refractivity contribution in [1.82, 2.24) is 14.9 Å². The first-order valence-electron chi connectivity index (χ1n) is 6.65. The lowest BCUT2D eigenvalue weighted by Crippen LogP contribution is -2.45. The Hall–Kier alpha value is -1.00. The number of urea groups is 1. The van der Waals surface area contributed by atoms with Crippen molar-refractivity contribution in [1.29, 1.82) is 0 Å². The molecule has 10 heteroatoms. The van der Waals surface area contributed by atoms with Crippen molar-refractivity contribution in [3.63, 3.8) is 0 Å². The molecule has 1 saturated heterocycles. The van der Waals surface area contributed by atoms with E-state index in [1.807, 2.05) is 0 Å². The summed E-state index contributed by atoms with van der Waals surface area (Å²) in [5.41, 5.74) is 0. The summed E-state index contributed by atoms with van der Waals surface area (Å²) >= 11 is 0. The number of carbonyl (C=O) groups excluding carboxylic acids is 1. The van der Waals surface area contributed by atoms with Crippen LogP contribution in [0.15, 0.2) is 0 Å². The first-order valence-corrected chi connectivity index (χ1v) is 8.16. The number of ether oxygens (including phenoxy) is 1. The molecule has 0 spiro atoms.